The van der Waals surface area contributed by atoms with Crippen LogP contribution in [0.5, 0.6) is 5.75 Å². The average molecular weight is 676 g/mol. The number of carbonyl (C=O) groups is 2. The van der Waals surface area contributed by atoms with Crippen LogP contribution >= 0.6 is 45.2 Å². The number of carboxylic acids is 1. The maximum atomic E-state index is 12.5. The van der Waals surface area contributed by atoms with Gasteiger partial charge in [0.05, 0.1) is 18.9 Å². The van der Waals surface area contributed by atoms with E-state index in [9.17, 15) is 9.59 Å². The minimum atomic E-state index is -0.956. The van der Waals surface area contributed by atoms with Crippen molar-refractivity contribution in [1.82, 2.24) is 5.43 Å². The molecule has 0 radical (unpaired) electrons. The van der Waals surface area contributed by atoms with Gasteiger partial charge in [-0.25, -0.2) is 10.2 Å². The van der Waals surface area contributed by atoms with Gasteiger partial charge in [0.15, 0.2) is 0 Å². The Kier molecular flexibility index (Phi) is 7.78. The minimum Gasteiger partial charge on any atom is -0.487 e. The summed E-state index contributed by atoms with van der Waals surface area (Å²) in [5.41, 5.74) is 5.06. The number of ether oxygens (including phenoxy) is 1. The molecule has 0 aromatic heterocycles. The normalized spacial score (nSPS) is 11.0. The molecule has 0 saturated heterocycles. The zero-order valence-electron chi connectivity index (χ0n) is 17.7. The number of hydrogen-bond donors (Lipinski definition) is 2. The van der Waals surface area contributed by atoms with Crippen LogP contribution in [0.15, 0.2) is 84.0 Å². The molecule has 0 aliphatic carbocycles. The van der Waals surface area contributed by atoms with Gasteiger partial charge < -0.3 is 9.84 Å². The second-order valence-electron chi connectivity index (χ2n) is 7.37. The number of halogens is 2. The van der Waals surface area contributed by atoms with Crippen molar-refractivity contribution in [3.8, 4) is 5.75 Å². The number of aromatic carboxylic acids is 1. The molecule has 4 aromatic rings. The summed E-state index contributed by atoms with van der Waals surface area (Å²) in [6, 6.07) is 23.8. The molecule has 0 atom stereocenters. The Morgan fingerprint density at radius 2 is 1.53 bits per heavy atom. The lowest BCUT2D eigenvalue weighted by molar-refractivity contribution is 0.0696. The third-order valence-corrected chi connectivity index (χ3v) is 6.60. The molecular weight excluding hydrogens is 658 g/mol. The first kappa shape index (κ1) is 24.1. The Morgan fingerprint density at radius 3 is 2.21 bits per heavy atom. The SMILES string of the molecule is O=C(O)c1ccc(COc2c(I)cc(/C=N\NC(=O)c3ccc4ccccc4c3)cc2I)cc1. The molecule has 0 heterocycles. The lowest BCUT2D eigenvalue weighted by Crippen LogP contribution is -2.17. The van der Waals surface area contributed by atoms with E-state index in [1.54, 1.807) is 36.5 Å². The van der Waals surface area contributed by atoms with E-state index in [1.165, 1.54) is 0 Å². The third-order valence-electron chi connectivity index (χ3n) is 5.00. The van der Waals surface area contributed by atoms with Gasteiger partial charge in [0.25, 0.3) is 5.91 Å². The van der Waals surface area contributed by atoms with Crippen LogP contribution in [-0.2, 0) is 6.61 Å². The molecule has 0 saturated carbocycles. The molecule has 0 unspecified atom stereocenters. The van der Waals surface area contributed by atoms with Gasteiger partial charge in [-0.05, 0) is 103 Å². The van der Waals surface area contributed by atoms with Gasteiger partial charge in [-0.3, -0.25) is 4.79 Å². The van der Waals surface area contributed by atoms with Gasteiger partial charge in [-0.15, -0.1) is 0 Å². The van der Waals surface area contributed by atoms with Crippen LogP contribution in [-0.4, -0.2) is 23.2 Å². The number of nitrogens with one attached hydrogen (secondary N) is 1. The molecule has 0 spiro atoms. The molecule has 4 rings (SSSR count). The van der Waals surface area contributed by atoms with Crippen LogP contribution in [0.2, 0.25) is 0 Å². The molecule has 170 valence electrons. The van der Waals surface area contributed by atoms with E-state index in [1.807, 2.05) is 48.5 Å². The fraction of sp³-hybridized carbons (Fsp3) is 0.0385. The third kappa shape index (κ3) is 5.92. The van der Waals surface area contributed by atoms with Gasteiger partial charge in [-0.1, -0.05) is 42.5 Å². The van der Waals surface area contributed by atoms with E-state index in [-0.39, 0.29) is 11.5 Å². The molecule has 0 aliphatic heterocycles. The van der Waals surface area contributed by atoms with Crippen molar-refractivity contribution < 1.29 is 19.4 Å². The van der Waals surface area contributed by atoms with E-state index in [0.717, 1.165) is 34.8 Å². The van der Waals surface area contributed by atoms with Crippen molar-refractivity contribution in [2.75, 3.05) is 0 Å². The van der Waals surface area contributed by atoms with Crippen molar-refractivity contribution in [3.05, 3.63) is 108 Å². The standard InChI is InChI=1S/C26H18I2N2O4/c27-22-11-17(12-23(28)24(22)34-15-16-5-7-19(8-6-16)26(32)33)14-29-30-25(31)21-10-9-18-3-1-2-4-20(18)13-21/h1-14H,15H2,(H,30,31)(H,32,33)/b29-14-. The first-order chi connectivity index (χ1) is 16.4. The maximum Gasteiger partial charge on any atom is 0.335 e. The highest BCUT2D eigenvalue weighted by Crippen LogP contribution is 2.29. The first-order valence-electron chi connectivity index (χ1n) is 10.2. The molecule has 0 bridgehead atoms. The van der Waals surface area contributed by atoms with Crippen LogP contribution in [0.4, 0.5) is 0 Å². The van der Waals surface area contributed by atoms with Crippen LogP contribution in [0, 0.1) is 7.14 Å². The lowest BCUT2D eigenvalue weighted by Gasteiger charge is -2.11. The number of carbonyl (C=O) groups excluding carboxylic acids is 1. The maximum absolute atomic E-state index is 12.5. The number of nitrogens with zero attached hydrogens (tertiary/aromatic N) is 1. The molecule has 0 aliphatic rings. The first-order valence-corrected chi connectivity index (χ1v) is 12.3. The van der Waals surface area contributed by atoms with Crippen LogP contribution in [0.25, 0.3) is 10.8 Å². The van der Waals surface area contributed by atoms with Crippen LogP contribution < -0.4 is 10.2 Å². The zero-order valence-corrected chi connectivity index (χ0v) is 22.0. The molecule has 1 amide bonds. The quantitative estimate of drug-likeness (QED) is 0.141. The number of rotatable bonds is 7. The topological polar surface area (TPSA) is 88.0 Å². The molecule has 6 nitrogen and oxygen atoms in total. The highest BCUT2D eigenvalue weighted by atomic mass is 127. The fourth-order valence-electron chi connectivity index (χ4n) is 3.25. The van der Waals surface area contributed by atoms with Gasteiger partial charge in [0.2, 0.25) is 0 Å². The lowest BCUT2D eigenvalue weighted by atomic mass is 10.1. The smallest absolute Gasteiger partial charge is 0.335 e. The minimum absolute atomic E-state index is 0.240. The van der Waals surface area contributed by atoms with Crippen molar-refractivity contribution in [2.24, 2.45) is 5.10 Å². The van der Waals surface area contributed by atoms with Crippen molar-refractivity contribution in [2.45, 2.75) is 6.61 Å². The summed E-state index contributed by atoms with van der Waals surface area (Å²) in [6.07, 6.45) is 1.59. The Hall–Kier alpha value is -2.99. The molecule has 34 heavy (non-hydrogen) atoms. The molecular formula is C26H18I2N2O4. The van der Waals surface area contributed by atoms with Crippen LogP contribution in [0.1, 0.15) is 31.8 Å². The molecule has 8 heteroatoms. The summed E-state index contributed by atoms with van der Waals surface area (Å²) in [5, 5.41) is 15.2. The fourth-order valence-corrected chi connectivity index (χ4v) is 5.38. The van der Waals surface area contributed by atoms with E-state index < -0.39 is 5.97 Å². The number of benzene rings is 4. The van der Waals surface area contributed by atoms with Gasteiger partial charge in [-0.2, -0.15) is 5.10 Å². The second kappa shape index (κ2) is 11.0. The van der Waals surface area contributed by atoms with Crippen LogP contribution in [0.3, 0.4) is 0 Å². The van der Waals surface area contributed by atoms with Crippen molar-refractivity contribution in [1.29, 1.82) is 0 Å². The summed E-state index contributed by atoms with van der Waals surface area (Å²) in [4.78, 5) is 23.4. The van der Waals surface area contributed by atoms with E-state index in [4.69, 9.17) is 9.84 Å². The van der Waals surface area contributed by atoms with Crippen molar-refractivity contribution in [3.63, 3.8) is 0 Å². The van der Waals surface area contributed by atoms with E-state index in [2.05, 4.69) is 55.7 Å². The predicted molar refractivity (Wildman–Crippen MR) is 149 cm³/mol. The molecule has 0 fully saturated rings. The molecule has 4 aromatic carbocycles. The Bertz CT molecular complexity index is 1380. The van der Waals surface area contributed by atoms with Gasteiger partial charge >= 0.3 is 5.97 Å². The summed E-state index contributed by atoms with van der Waals surface area (Å²) < 4.78 is 7.76. The summed E-state index contributed by atoms with van der Waals surface area (Å²) in [7, 11) is 0. The number of fused-ring (bicyclic) bond motifs is 1. The van der Waals surface area contributed by atoms with E-state index in [0.29, 0.717) is 12.2 Å². The van der Waals surface area contributed by atoms with Crippen molar-refractivity contribution >= 4 is 74.0 Å². The second-order valence-corrected chi connectivity index (χ2v) is 9.69. The van der Waals surface area contributed by atoms with E-state index >= 15 is 0 Å². The zero-order chi connectivity index (χ0) is 24.1. The highest BCUT2D eigenvalue weighted by molar-refractivity contribution is 14.1. The highest BCUT2D eigenvalue weighted by Gasteiger charge is 2.10. The largest absolute Gasteiger partial charge is 0.487 e. The number of hydrogen-bond acceptors (Lipinski definition) is 4. The summed E-state index contributed by atoms with van der Waals surface area (Å²) >= 11 is 4.39. The Morgan fingerprint density at radius 1 is 0.882 bits per heavy atom. The number of hydrazone groups is 1. The van der Waals surface area contributed by atoms with Gasteiger partial charge in [0.1, 0.15) is 12.4 Å². The average Bonchev–Trinajstić information content (AvgIpc) is 2.83. The number of carboxylic acid groups (broad SMARTS) is 1. The number of amides is 1. The summed E-state index contributed by atoms with van der Waals surface area (Å²) in [6.45, 7) is 0.321. The predicted octanol–water partition coefficient (Wildman–Crippen LogP) is 6.09. The molecule has 2 N–H and O–H groups in total. The monoisotopic (exact) mass is 676 g/mol. The summed E-state index contributed by atoms with van der Waals surface area (Å²) in [5.74, 6) is -0.497. The Labute approximate surface area is 223 Å². The van der Waals surface area contributed by atoms with Gasteiger partial charge in [0, 0.05) is 5.56 Å². The Balaban J connectivity index is 1.39.